The van der Waals surface area contributed by atoms with Crippen LogP contribution in [0.1, 0.15) is 5.56 Å². The van der Waals surface area contributed by atoms with Crippen molar-refractivity contribution >= 4 is 40.9 Å². The van der Waals surface area contributed by atoms with Crippen molar-refractivity contribution in [2.24, 2.45) is 0 Å². The molecule has 1 amide bonds. The predicted molar refractivity (Wildman–Crippen MR) is 93.7 cm³/mol. The number of amides is 1. The summed E-state index contributed by atoms with van der Waals surface area (Å²) in [5, 5.41) is 3.51. The Hall–Kier alpha value is -2.17. The molecule has 0 radical (unpaired) electrons. The van der Waals surface area contributed by atoms with E-state index in [4.69, 9.17) is 32.7 Å². The van der Waals surface area contributed by atoms with Crippen molar-refractivity contribution in [3.8, 4) is 11.5 Å². The first-order chi connectivity index (χ1) is 11.0. The fourth-order valence-electron chi connectivity index (χ4n) is 1.89. The first-order valence-electron chi connectivity index (χ1n) is 6.69. The van der Waals surface area contributed by atoms with Crippen LogP contribution in [0.5, 0.6) is 11.5 Å². The van der Waals surface area contributed by atoms with Gasteiger partial charge in [-0.2, -0.15) is 0 Å². The van der Waals surface area contributed by atoms with Gasteiger partial charge in [-0.1, -0.05) is 23.2 Å². The highest BCUT2D eigenvalue weighted by Crippen LogP contribution is 2.26. The summed E-state index contributed by atoms with van der Waals surface area (Å²) in [5.74, 6) is 1.02. The second-order valence-electron chi connectivity index (χ2n) is 4.56. The summed E-state index contributed by atoms with van der Waals surface area (Å²) in [6, 6.07) is 10.2. The number of hydrogen-bond donors (Lipinski definition) is 1. The Bertz CT molecular complexity index is 745. The summed E-state index contributed by atoms with van der Waals surface area (Å²) in [6.45, 7) is 0. The number of ether oxygens (including phenoxy) is 2. The molecule has 0 aliphatic carbocycles. The van der Waals surface area contributed by atoms with E-state index in [2.05, 4.69) is 5.32 Å². The molecule has 2 rings (SSSR count). The number of nitrogens with one attached hydrogen (secondary N) is 1. The third-order valence-corrected chi connectivity index (χ3v) is 3.78. The smallest absolute Gasteiger partial charge is 0.248 e. The highest BCUT2D eigenvalue weighted by molar-refractivity contribution is 6.42. The molecule has 0 saturated heterocycles. The van der Waals surface area contributed by atoms with Gasteiger partial charge in [0, 0.05) is 17.3 Å². The van der Waals surface area contributed by atoms with Crippen LogP contribution in [0.3, 0.4) is 0 Å². The first kappa shape index (κ1) is 17.2. The molecule has 2 aromatic carbocycles. The molecule has 6 heteroatoms. The minimum Gasteiger partial charge on any atom is -0.497 e. The lowest BCUT2D eigenvalue weighted by Crippen LogP contribution is -2.07. The van der Waals surface area contributed by atoms with Crippen molar-refractivity contribution < 1.29 is 14.3 Å². The molecule has 0 aliphatic heterocycles. The molecule has 0 aliphatic rings. The minimum atomic E-state index is -0.298. The molecule has 0 atom stereocenters. The van der Waals surface area contributed by atoms with Gasteiger partial charge in [-0.05, 0) is 42.5 Å². The number of benzene rings is 2. The molecule has 0 unspecified atom stereocenters. The van der Waals surface area contributed by atoms with Crippen LogP contribution in [-0.4, -0.2) is 20.1 Å². The van der Waals surface area contributed by atoms with Gasteiger partial charge >= 0.3 is 0 Å². The van der Waals surface area contributed by atoms with E-state index in [0.29, 0.717) is 27.2 Å². The van der Waals surface area contributed by atoms with E-state index in [0.717, 1.165) is 5.56 Å². The Morgan fingerprint density at radius 3 is 2.48 bits per heavy atom. The third kappa shape index (κ3) is 4.65. The molecule has 0 heterocycles. The fraction of sp³-hybridized carbons (Fsp3) is 0.118. The second-order valence-corrected chi connectivity index (χ2v) is 5.37. The van der Waals surface area contributed by atoms with Crippen molar-refractivity contribution in [3.05, 3.63) is 58.1 Å². The van der Waals surface area contributed by atoms with Crippen LogP contribution >= 0.6 is 23.2 Å². The summed E-state index contributed by atoms with van der Waals surface area (Å²) in [5.41, 5.74) is 1.29. The number of carbonyl (C=O) groups is 1. The Labute approximate surface area is 144 Å². The van der Waals surface area contributed by atoms with Crippen molar-refractivity contribution in [2.45, 2.75) is 0 Å². The van der Waals surface area contributed by atoms with Crippen molar-refractivity contribution in [1.29, 1.82) is 0 Å². The molecule has 120 valence electrons. The zero-order valence-electron chi connectivity index (χ0n) is 12.6. The van der Waals surface area contributed by atoms with Gasteiger partial charge < -0.3 is 14.8 Å². The zero-order valence-corrected chi connectivity index (χ0v) is 14.1. The monoisotopic (exact) mass is 351 g/mol. The number of halogens is 2. The van der Waals surface area contributed by atoms with E-state index >= 15 is 0 Å². The van der Waals surface area contributed by atoms with Gasteiger partial charge in [0.15, 0.2) is 0 Å². The summed E-state index contributed by atoms with van der Waals surface area (Å²) in [7, 11) is 3.14. The maximum Gasteiger partial charge on any atom is 0.248 e. The summed E-state index contributed by atoms with van der Waals surface area (Å²) >= 11 is 11.7. The van der Waals surface area contributed by atoms with Crippen LogP contribution in [0.2, 0.25) is 10.0 Å². The SMILES string of the molecule is COc1ccc(OC)c(C=CC(=O)Nc2ccc(Cl)c(Cl)c2)c1. The Morgan fingerprint density at radius 1 is 1.04 bits per heavy atom. The van der Waals surface area contributed by atoms with E-state index in [1.807, 2.05) is 0 Å². The second kappa shape index (κ2) is 7.90. The molecule has 0 spiro atoms. The van der Waals surface area contributed by atoms with E-state index in [1.54, 1.807) is 56.7 Å². The van der Waals surface area contributed by atoms with E-state index < -0.39 is 0 Å². The van der Waals surface area contributed by atoms with Gasteiger partial charge in [0.1, 0.15) is 11.5 Å². The average molecular weight is 352 g/mol. The van der Waals surface area contributed by atoms with Crippen molar-refractivity contribution in [1.82, 2.24) is 0 Å². The predicted octanol–water partition coefficient (Wildman–Crippen LogP) is 4.66. The van der Waals surface area contributed by atoms with Crippen LogP contribution in [0, 0.1) is 0 Å². The van der Waals surface area contributed by atoms with Gasteiger partial charge in [0.25, 0.3) is 0 Å². The summed E-state index contributed by atoms with van der Waals surface area (Å²) < 4.78 is 10.4. The number of rotatable bonds is 5. The molecule has 0 fully saturated rings. The topological polar surface area (TPSA) is 47.6 Å². The number of anilines is 1. The summed E-state index contributed by atoms with van der Waals surface area (Å²) in [4.78, 5) is 12.0. The molecule has 4 nitrogen and oxygen atoms in total. The molecular weight excluding hydrogens is 337 g/mol. The maximum absolute atomic E-state index is 12.0. The van der Waals surface area contributed by atoms with Crippen molar-refractivity contribution in [2.75, 3.05) is 19.5 Å². The van der Waals surface area contributed by atoms with Gasteiger partial charge in [-0.3, -0.25) is 4.79 Å². The Kier molecular flexibility index (Phi) is 5.90. The highest BCUT2D eigenvalue weighted by atomic mass is 35.5. The molecule has 0 aromatic heterocycles. The quantitative estimate of drug-likeness (QED) is 0.796. The van der Waals surface area contributed by atoms with E-state index in [1.165, 1.54) is 6.08 Å². The van der Waals surface area contributed by atoms with Crippen LogP contribution in [-0.2, 0) is 4.79 Å². The third-order valence-electron chi connectivity index (χ3n) is 3.04. The minimum absolute atomic E-state index is 0.298. The van der Waals surface area contributed by atoms with E-state index in [9.17, 15) is 4.79 Å². The highest BCUT2D eigenvalue weighted by Gasteiger charge is 2.04. The Morgan fingerprint density at radius 2 is 1.83 bits per heavy atom. The largest absolute Gasteiger partial charge is 0.497 e. The molecule has 2 aromatic rings. The molecule has 23 heavy (non-hydrogen) atoms. The lowest BCUT2D eigenvalue weighted by atomic mass is 10.1. The normalized spacial score (nSPS) is 10.6. The van der Waals surface area contributed by atoms with E-state index in [-0.39, 0.29) is 5.91 Å². The first-order valence-corrected chi connectivity index (χ1v) is 7.45. The van der Waals surface area contributed by atoms with Crippen molar-refractivity contribution in [3.63, 3.8) is 0 Å². The lowest BCUT2D eigenvalue weighted by molar-refractivity contribution is -0.111. The summed E-state index contributed by atoms with van der Waals surface area (Å²) in [6.07, 6.45) is 3.05. The van der Waals surface area contributed by atoms with Gasteiger partial charge in [0.05, 0.1) is 24.3 Å². The van der Waals surface area contributed by atoms with Crippen LogP contribution in [0.4, 0.5) is 5.69 Å². The molecule has 0 saturated carbocycles. The number of carbonyl (C=O) groups excluding carboxylic acids is 1. The van der Waals surface area contributed by atoms with Gasteiger partial charge in [0.2, 0.25) is 5.91 Å². The molecule has 1 N–H and O–H groups in total. The standard InChI is InChI=1S/C17H15Cl2NO3/c1-22-13-5-7-16(23-2)11(9-13)3-8-17(21)20-12-4-6-14(18)15(19)10-12/h3-10H,1-2H3,(H,20,21). The fourth-order valence-corrected chi connectivity index (χ4v) is 2.19. The van der Waals surface area contributed by atoms with Crippen LogP contribution in [0.15, 0.2) is 42.5 Å². The van der Waals surface area contributed by atoms with Gasteiger partial charge in [-0.15, -0.1) is 0 Å². The lowest BCUT2D eigenvalue weighted by Gasteiger charge is -2.07. The Balaban J connectivity index is 2.13. The van der Waals surface area contributed by atoms with Crippen LogP contribution in [0.25, 0.3) is 6.08 Å². The molecule has 0 bridgehead atoms. The van der Waals surface area contributed by atoms with Crippen LogP contribution < -0.4 is 14.8 Å². The number of hydrogen-bond acceptors (Lipinski definition) is 3. The average Bonchev–Trinajstić information content (AvgIpc) is 2.56. The van der Waals surface area contributed by atoms with Gasteiger partial charge in [-0.25, -0.2) is 0 Å². The zero-order chi connectivity index (χ0) is 16.8. The maximum atomic E-state index is 12.0. The number of methoxy groups -OCH3 is 2. The molecular formula is C17H15Cl2NO3.